The van der Waals surface area contributed by atoms with E-state index in [-0.39, 0.29) is 45.5 Å². The SMILES string of the molecule is CCN(CC)CCCC(C)Nc1cc(O)c2c(c1O)C(=O)c1ccccc1C2=O. The average molecular weight is 396 g/mol. The Bertz CT molecular complexity index is 935. The van der Waals surface area contributed by atoms with Crippen LogP contribution >= 0.6 is 0 Å². The van der Waals surface area contributed by atoms with Gasteiger partial charge in [-0.3, -0.25) is 9.59 Å². The Morgan fingerprint density at radius 1 is 1.00 bits per heavy atom. The van der Waals surface area contributed by atoms with Crippen LogP contribution in [-0.4, -0.2) is 52.4 Å². The second-order valence-corrected chi connectivity index (χ2v) is 7.46. The van der Waals surface area contributed by atoms with Crippen molar-refractivity contribution in [1.29, 1.82) is 0 Å². The lowest BCUT2D eigenvalue weighted by Crippen LogP contribution is -2.26. The number of nitrogens with one attached hydrogen (secondary N) is 1. The molecular weight excluding hydrogens is 368 g/mol. The molecule has 1 aliphatic carbocycles. The Morgan fingerprint density at radius 3 is 2.17 bits per heavy atom. The zero-order valence-electron chi connectivity index (χ0n) is 17.2. The molecule has 0 bridgehead atoms. The van der Waals surface area contributed by atoms with Gasteiger partial charge in [0.1, 0.15) is 5.75 Å². The number of phenols is 2. The van der Waals surface area contributed by atoms with Gasteiger partial charge in [0.2, 0.25) is 0 Å². The molecule has 29 heavy (non-hydrogen) atoms. The van der Waals surface area contributed by atoms with Gasteiger partial charge in [0, 0.05) is 23.2 Å². The van der Waals surface area contributed by atoms with E-state index in [0.717, 1.165) is 32.5 Å². The van der Waals surface area contributed by atoms with E-state index in [2.05, 4.69) is 24.1 Å². The van der Waals surface area contributed by atoms with Gasteiger partial charge in [-0.2, -0.15) is 0 Å². The lowest BCUT2D eigenvalue weighted by Gasteiger charge is -2.23. The highest BCUT2D eigenvalue weighted by atomic mass is 16.3. The quantitative estimate of drug-likeness (QED) is 0.396. The van der Waals surface area contributed by atoms with Gasteiger partial charge in [0.25, 0.3) is 0 Å². The van der Waals surface area contributed by atoms with Crippen LogP contribution in [0.25, 0.3) is 0 Å². The number of aromatic hydroxyl groups is 2. The first-order valence-corrected chi connectivity index (χ1v) is 10.1. The first kappa shape index (κ1) is 20.9. The summed E-state index contributed by atoms with van der Waals surface area (Å²) in [6.45, 7) is 9.26. The number of rotatable bonds is 8. The number of carbonyl (C=O) groups excluding carboxylic acids is 2. The van der Waals surface area contributed by atoms with Crippen molar-refractivity contribution in [3.05, 3.63) is 52.6 Å². The zero-order valence-corrected chi connectivity index (χ0v) is 17.2. The molecule has 0 aromatic heterocycles. The number of ketones is 2. The van der Waals surface area contributed by atoms with E-state index < -0.39 is 11.6 Å². The van der Waals surface area contributed by atoms with E-state index in [1.165, 1.54) is 6.07 Å². The summed E-state index contributed by atoms with van der Waals surface area (Å²) >= 11 is 0. The number of hydrogen-bond donors (Lipinski definition) is 3. The largest absolute Gasteiger partial charge is 0.507 e. The maximum Gasteiger partial charge on any atom is 0.198 e. The summed E-state index contributed by atoms with van der Waals surface area (Å²) in [7, 11) is 0. The third-order valence-corrected chi connectivity index (χ3v) is 5.56. The zero-order chi connectivity index (χ0) is 21.1. The van der Waals surface area contributed by atoms with Crippen LogP contribution < -0.4 is 5.32 Å². The minimum absolute atomic E-state index is 0.0237. The number of benzene rings is 2. The van der Waals surface area contributed by atoms with Crippen LogP contribution in [0.2, 0.25) is 0 Å². The van der Waals surface area contributed by atoms with E-state index >= 15 is 0 Å². The molecule has 3 N–H and O–H groups in total. The topological polar surface area (TPSA) is 89.9 Å². The van der Waals surface area contributed by atoms with Crippen molar-refractivity contribution in [3.8, 4) is 11.5 Å². The maximum atomic E-state index is 12.9. The Morgan fingerprint density at radius 2 is 1.59 bits per heavy atom. The molecule has 0 heterocycles. The molecule has 6 nitrogen and oxygen atoms in total. The summed E-state index contributed by atoms with van der Waals surface area (Å²) in [5.41, 5.74) is 0.476. The first-order valence-electron chi connectivity index (χ1n) is 10.1. The van der Waals surface area contributed by atoms with E-state index in [0.29, 0.717) is 0 Å². The van der Waals surface area contributed by atoms with Crippen LogP contribution in [0, 0.1) is 0 Å². The Labute approximate surface area is 171 Å². The number of carbonyl (C=O) groups is 2. The van der Waals surface area contributed by atoms with Crippen LogP contribution in [0.5, 0.6) is 11.5 Å². The van der Waals surface area contributed by atoms with Gasteiger partial charge in [-0.25, -0.2) is 0 Å². The van der Waals surface area contributed by atoms with Gasteiger partial charge in [-0.15, -0.1) is 0 Å². The molecular formula is C23H28N2O4. The van der Waals surface area contributed by atoms with E-state index in [1.807, 2.05) is 6.92 Å². The van der Waals surface area contributed by atoms with Crippen molar-refractivity contribution in [2.75, 3.05) is 25.0 Å². The number of phenolic OH excluding ortho intramolecular Hbond substituents is 2. The van der Waals surface area contributed by atoms with Gasteiger partial charge in [-0.05, 0) is 39.4 Å². The average Bonchev–Trinajstić information content (AvgIpc) is 2.72. The summed E-state index contributed by atoms with van der Waals surface area (Å²) in [4.78, 5) is 28.0. The minimum atomic E-state index is -0.458. The first-order chi connectivity index (χ1) is 13.9. The predicted molar refractivity (Wildman–Crippen MR) is 113 cm³/mol. The summed E-state index contributed by atoms with van der Waals surface area (Å²) in [5, 5.41) is 24.4. The molecule has 0 radical (unpaired) electrons. The smallest absolute Gasteiger partial charge is 0.198 e. The molecule has 0 aliphatic heterocycles. The summed E-state index contributed by atoms with van der Waals surface area (Å²) < 4.78 is 0. The van der Waals surface area contributed by atoms with Gasteiger partial charge >= 0.3 is 0 Å². The molecule has 1 aliphatic rings. The Balaban J connectivity index is 1.84. The molecule has 6 heteroatoms. The fourth-order valence-electron chi connectivity index (χ4n) is 3.87. The molecule has 0 saturated carbocycles. The van der Waals surface area contributed by atoms with Crippen LogP contribution in [0.4, 0.5) is 5.69 Å². The summed E-state index contributed by atoms with van der Waals surface area (Å²) in [6, 6.07) is 7.81. The molecule has 0 amide bonds. The van der Waals surface area contributed by atoms with Crippen molar-refractivity contribution in [3.63, 3.8) is 0 Å². The lowest BCUT2D eigenvalue weighted by molar-refractivity contribution is 0.0974. The van der Waals surface area contributed by atoms with E-state index in [4.69, 9.17) is 0 Å². The number of hydrogen-bond acceptors (Lipinski definition) is 6. The van der Waals surface area contributed by atoms with Crippen molar-refractivity contribution in [2.24, 2.45) is 0 Å². The van der Waals surface area contributed by atoms with Crippen molar-refractivity contribution < 1.29 is 19.8 Å². The standard InChI is InChI=1S/C23H28N2O4/c1-4-25(5-2)12-8-9-14(3)24-17-13-18(26)19-20(23(17)29)22(28)16-11-7-6-10-15(16)21(19)27/h6-7,10-11,13-14,24,26,29H,4-5,8-9,12H2,1-3H3. The van der Waals surface area contributed by atoms with Crippen LogP contribution in [0.1, 0.15) is 65.5 Å². The molecule has 154 valence electrons. The third-order valence-electron chi connectivity index (χ3n) is 5.56. The van der Waals surface area contributed by atoms with Gasteiger partial charge in [0.05, 0.1) is 16.8 Å². The molecule has 2 aromatic carbocycles. The Kier molecular flexibility index (Phi) is 6.23. The molecule has 0 fully saturated rings. The van der Waals surface area contributed by atoms with Gasteiger partial charge < -0.3 is 20.4 Å². The number of fused-ring (bicyclic) bond motifs is 2. The van der Waals surface area contributed by atoms with Crippen LogP contribution in [-0.2, 0) is 0 Å². The number of anilines is 1. The Hall–Kier alpha value is -2.86. The van der Waals surface area contributed by atoms with Crippen molar-refractivity contribution in [2.45, 2.75) is 39.7 Å². The summed E-state index contributed by atoms with van der Waals surface area (Å²) in [6.07, 6.45) is 1.85. The highest BCUT2D eigenvalue weighted by Gasteiger charge is 2.35. The molecule has 2 aromatic rings. The highest BCUT2D eigenvalue weighted by molar-refractivity contribution is 6.30. The lowest BCUT2D eigenvalue weighted by atomic mass is 9.82. The van der Waals surface area contributed by atoms with Gasteiger partial charge in [0.15, 0.2) is 17.3 Å². The molecule has 1 unspecified atom stereocenters. The maximum absolute atomic E-state index is 12.9. The van der Waals surface area contributed by atoms with E-state index in [9.17, 15) is 19.8 Å². The summed E-state index contributed by atoms with van der Waals surface area (Å²) in [5.74, 6) is -1.51. The molecule has 1 atom stereocenters. The van der Waals surface area contributed by atoms with Crippen molar-refractivity contribution >= 4 is 17.3 Å². The minimum Gasteiger partial charge on any atom is -0.507 e. The van der Waals surface area contributed by atoms with E-state index in [1.54, 1.807) is 24.3 Å². The van der Waals surface area contributed by atoms with Crippen molar-refractivity contribution in [1.82, 2.24) is 4.90 Å². The second-order valence-electron chi connectivity index (χ2n) is 7.46. The highest BCUT2D eigenvalue weighted by Crippen LogP contribution is 2.42. The fraction of sp³-hybridized carbons (Fsp3) is 0.391. The fourth-order valence-corrected chi connectivity index (χ4v) is 3.87. The normalized spacial score (nSPS) is 13.9. The van der Waals surface area contributed by atoms with Crippen LogP contribution in [0.3, 0.4) is 0 Å². The van der Waals surface area contributed by atoms with Crippen LogP contribution in [0.15, 0.2) is 30.3 Å². The second kappa shape index (κ2) is 8.66. The predicted octanol–water partition coefficient (Wildman–Crippen LogP) is 3.80. The molecule has 0 spiro atoms. The molecule has 0 saturated heterocycles. The van der Waals surface area contributed by atoms with Gasteiger partial charge in [-0.1, -0.05) is 38.1 Å². The molecule has 3 rings (SSSR count). The monoisotopic (exact) mass is 396 g/mol. The number of nitrogens with zero attached hydrogens (tertiary/aromatic N) is 1. The third kappa shape index (κ3) is 3.98.